The van der Waals surface area contributed by atoms with E-state index in [1.807, 2.05) is 30.3 Å². The first-order chi connectivity index (χ1) is 10.8. The molecule has 0 aliphatic heterocycles. The van der Waals surface area contributed by atoms with Crippen molar-refractivity contribution in [3.05, 3.63) is 48.5 Å². The second-order valence-corrected chi connectivity index (χ2v) is 8.19. The van der Waals surface area contributed by atoms with Gasteiger partial charge >= 0.3 is 88.1 Å². The van der Waals surface area contributed by atoms with Crippen LogP contribution in [0.5, 0.6) is 5.75 Å². The molecule has 2 rings (SSSR count). The molecule has 0 atom stereocenters. The van der Waals surface area contributed by atoms with Crippen molar-refractivity contribution in [1.29, 1.82) is 0 Å². The van der Waals surface area contributed by atoms with Gasteiger partial charge in [0, 0.05) is 5.69 Å². The molecule has 0 fully saturated rings. The summed E-state index contributed by atoms with van der Waals surface area (Å²) in [6, 6.07) is 13.7. The molecule has 0 aliphatic rings. The molecule has 2 aromatic carbocycles. The molecule has 0 aromatic heterocycles. The molecule has 0 bridgehead atoms. The summed E-state index contributed by atoms with van der Waals surface area (Å²) in [5.74, 6) is -0.880. The molecule has 0 radical (unpaired) electrons. The minimum Gasteiger partial charge on any atom is -0.328 e. The molecule has 124 valence electrons. The summed E-state index contributed by atoms with van der Waals surface area (Å²) in [5.41, 5.74) is 0.922. The Hall–Kier alpha value is -1.48. The maximum absolute atomic E-state index is 11.1. The number of amides is 1. The zero-order chi connectivity index (χ0) is 17.5. The van der Waals surface area contributed by atoms with Crippen LogP contribution in [-0.4, -0.2) is 33.4 Å². The molecule has 2 aromatic rings. The Morgan fingerprint density at radius 2 is 1.70 bits per heavy atom. The number of hydrogen-bond donors (Lipinski definition) is 5. The summed E-state index contributed by atoms with van der Waals surface area (Å²) in [4.78, 5) is 10.8. The minimum atomic E-state index is -5.14. The molecule has 9 heteroatoms. The fourth-order valence-electron chi connectivity index (χ4n) is 1.58. The molecule has 23 heavy (non-hydrogen) atoms. The van der Waals surface area contributed by atoms with Crippen LogP contribution in [-0.2, 0) is 8.53 Å². The van der Waals surface area contributed by atoms with Gasteiger partial charge in [0.15, 0.2) is 0 Å². The standard InChI is InChI=1S/C8H10AsNO5.C6H6IN/c1-5(11)10-8-6(9(13,14)15)3-2-4-7(8)12;7-8-6-4-2-1-3-5-6/h2-4,12H,1H3,(H,10,11)(H2,13,14,15);1-5,8H. The van der Waals surface area contributed by atoms with Gasteiger partial charge in [0.2, 0.25) is 0 Å². The van der Waals surface area contributed by atoms with Crippen molar-refractivity contribution in [3.8, 4) is 5.75 Å². The average Bonchev–Trinajstić information content (AvgIpc) is 2.49. The van der Waals surface area contributed by atoms with Crippen molar-refractivity contribution in [2.45, 2.75) is 6.92 Å². The topological polar surface area (TPSA) is 119 Å². The van der Waals surface area contributed by atoms with E-state index < -0.39 is 20.1 Å². The third-order valence-electron chi connectivity index (χ3n) is 2.52. The molecule has 0 saturated heterocycles. The van der Waals surface area contributed by atoms with Crippen molar-refractivity contribution < 1.29 is 21.8 Å². The van der Waals surface area contributed by atoms with Gasteiger partial charge in [0.05, 0.1) is 22.9 Å². The Bertz CT molecular complexity index is 706. The summed E-state index contributed by atoms with van der Waals surface area (Å²) in [6.45, 7) is 1.18. The van der Waals surface area contributed by atoms with Gasteiger partial charge in [0.1, 0.15) is 0 Å². The Kier molecular flexibility index (Phi) is 7.63. The molecule has 5 N–H and O–H groups in total. The number of phenolic OH excluding ortho intramolecular Hbond substituents is 1. The van der Waals surface area contributed by atoms with Gasteiger partial charge in [-0.15, -0.1) is 0 Å². The van der Waals surface area contributed by atoms with Crippen LogP contribution in [0.15, 0.2) is 48.5 Å². The number of nitrogens with one attached hydrogen (secondary N) is 2. The third kappa shape index (κ3) is 6.65. The molecule has 0 saturated carbocycles. The van der Waals surface area contributed by atoms with Crippen LogP contribution >= 0.6 is 22.9 Å². The number of hydrogen-bond acceptors (Lipinski definition) is 4. The number of phenols is 1. The average molecular weight is 494 g/mol. The van der Waals surface area contributed by atoms with Crippen molar-refractivity contribution >= 4 is 58.7 Å². The second-order valence-electron chi connectivity index (χ2n) is 4.36. The van der Waals surface area contributed by atoms with E-state index in [-0.39, 0.29) is 15.8 Å². The summed E-state index contributed by atoms with van der Waals surface area (Å²) < 4.78 is 31.8. The SMILES string of the molecule is CC(=O)Nc1c(O)cccc1[As](=O)(O)O.INc1ccccc1. The summed E-state index contributed by atoms with van der Waals surface area (Å²) in [6.07, 6.45) is 0. The summed E-state index contributed by atoms with van der Waals surface area (Å²) >= 11 is -3.04. The van der Waals surface area contributed by atoms with Gasteiger partial charge in [-0.25, -0.2) is 0 Å². The van der Waals surface area contributed by atoms with E-state index in [0.29, 0.717) is 0 Å². The van der Waals surface area contributed by atoms with E-state index in [2.05, 4.69) is 31.7 Å². The van der Waals surface area contributed by atoms with Gasteiger partial charge in [-0.2, -0.15) is 0 Å². The van der Waals surface area contributed by atoms with Crippen molar-refractivity contribution in [1.82, 2.24) is 0 Å². The monoisotopic (exact) mass is 494 g/mol. The van der Waals surface area contributed by atoms with Crippen LogP contribution in [0, 0.1) is 0 Å². The largest absolute Gasteiger partial charge is 0.328 e. The Morgan fingerprint density at radius 3 is 2.13 bits per heavy atom. The van der Waals surface area contributed by atoms with Crippen LogP contribution < -0.4 is 13.2 Å². The molecule has 0 unspecified atom stereocenters. The molecular weight excluding hydrogens is 478 g/mol. The number of rotatable bonds is 3. The Balaban J connectivity index is 0.000000277. The van der Waals surface area contributed by atoms with Crippen LogP contribution in [0.2, 0.25) is 0 Å². The number of carbonyl (C=O) groups excluding carboxylic acids is 1. The van der Waals surface area contributed by atoms with Gasteiger partial charge in [-0.05, 0) is 12.1 Å². The fraction of sp³-hybridized carbons (Fsp3) is 0.0714. The Labute approximate surface area is 150 Å². The molecule has 1 amide bonds. The van der Waals surface area contributed by atoms with Crippen LogP contribution in [0.4, 0.5) is 11.4 Å². The molecule has 0 heterocycles. The normalized spacial score (nSPS) is 10.3. The number of anilines is 2. The summed E-state index contributed by atoms with van der Waals surface area (Å²) in [7, 11) is 0. The first-order valence-electron chi connectivity index (χ1n) is 6.33. The molecular formula is C14H16AsIN2O5. The quantitative estimate of drug-likeness (QED) is 0.191. The van der Waals surface area contributed by atoms with Gasteiger partial charge < -0.3 is 3.53 Å². The predicted octanol–water partition coefficient (Wildman–Crippen LogP) is 1.36. The first kappa shape index (κ1) is 19.6. The van der Waals surface area contributed by atoms with Crippen LogP contribution in [0.25, 0.3) is 0 Å². The van der Waals surface area contributed by atoms with E-state index in [4.69, 9.17) is 8.19 Å². The van der Waals surface area contributed by atoms with E-state index in [1.54, 1.807) is 0 Å². The number of carbonyl (C=O) groups is 1. The maximum Gasteiger partial charge on any atom is 0.0560 e. The number of benzene rings is 2. The van der Waals surface area contributed by atoms with Crippen molar-refractivity contribution in [3.63, 3.8) is 0 Å². The minimum absolute atomic E-state index is 0.225. The van der Waals surface area contributed by atoms with E-state index in [0.717, 1.165) is 5.69 Å². The fourth-order valence-corrected chi connectivity index (χ4v) is 3.49. The van der Waals surface area contributed by atoms with Crippen molar-refractivity contribution in [2.24, 2.45) is 0 Å². The van der Waals surface area contributed by atoms with E-state index >= 15 is 0 Å². The number of para-hydroxylation sites is 2. The third-order valence-corrected chi connectivity index (χ3v) is 5.24. The van der Waals surface area contributed by atoms with Crippen LogP contribution in [0.3, 0.4) is 0 Å². The van der Waals surface area contributed by atoms with E-state index in [1.165, 1.54) is 25.1 Å². The maximum atomic E-state index is 11.1. The van der Waals surface area contributed by atoms with Gasteiger partial charge in [-0.1, -0.05) is 18.2 Å². The first-order valence-corrected chi connectivity index (χ1v) is 10.8. The second kappa shape index (κ2) is 8.97. The smallest absolute Gasteiger partial charge is 0.0560 e. The zero-order valence-corrected chi connectivity index (χ0v) is 16.1. The molecule has 7 nitrogen and oxygen atoms in total. The number of aromatic hydroxyl groups is 1. The van der Waals surface area contributed by atoms with Crippen molar-refractivity contribution in [2.75, 3.05) is 8.85 Å². The van der Waals surface area contributed by atoms with E-state index in [9.17, 15) is 13.6 Å². The Morgan fingerprint density at radius 1 is 1.09 bits per heavy atom. The summed E-state index contributed by atoms with van der Waals surface area (Å²) in [5, 5.41) is 11.5. The molecule has 0 spiro atoms. The van der Waals surface area contributed by atoms with Crippen LogP contribution in [0.1, 0.15) is 6.92 Å². The zero-order valence-electron chi connectivity index (χ0n) is 12.1. The number of halogens is 1. The predicted molar refractivity (Wildman–Crippen MR) is 97.0 cm³/mol. The van der Waals surface area contributed by atoms with Gasteiger partial charge in [-0.3, -0.25) is 0 Å². The molecule has 0 aliphatic carbocycles. The van der Waals surface area contributed by atoms with Gasteiger partial charge in [0.25, 0.3) is 0 Å².